The molecule has 0 aromatic heterocycles. The molecule has 6 nitrogen and oxygen atoms in total. The monoisotopic (exact) mass is 303 g/mol. The molecule has 0 saturated heterocycles. The maximum absolute atomic E-state index is 12.0. The van der Waals surface area contributed by atoms with Crippen molar-refractivity contribution in [1.82, 2.24) is 10.2 Å². The minimum Gasteiger partial charge on any atom is -0.492 e. The number of rotatable bonds is 6. The number of benzene rings is 1. The first-order valence-electron chi connectivity index (χ1n) is 6.87. The number of carbonyl (C=O) groups is 2. The van der Waals surface area contributed by atoms with Crippen LogP contribution in [-0.2, 0) is 0 Å². The fraction of sp³-hybridized carbons (Fsp3) is 0.312. The van der Waals surface area contributed by atoms with Crippen molar-refractivity contribution in [2.45, 2.75) is 6.92 Å². The second-order valence-electron chi connectivity index (χ2n) is 4.59. The molecule has 0 bridgehead atoms. The molecule has 6 heteroatoms. The van der Waals surface area contributed by atoms with Crippen LogP contribution in [0, 0.1) is 0 Å². The zero-order valence-corrected chi connectivity index (χ0v) is 13.1. The van der Waals surface area contributed by atoms with E-state index in [2.05, 4.69) is 22.9 Å². The van der Waals surface area contributed by atoms with Crippen LogP contribution in [-0.4, -0.2) is 44.1 Å². The molecule has 0 fully saturated rings. The summed E-state index contributed by atoms with van der Waals surface area (Å²) in [4.78, 5) is 25.2. The summed E-state index contributed by atoms with van der Waals surface area (Å²) in [6.45, 7) is 6.00. The van der Waals surface area contributed by atoms with Gasteiger partial charge in [-0.2, -0.15) is 0 Å². The molecule has 0 atom stereocenters. The fourth-order valence-corrected chi connectivity index (χ4v) is 1.67. The summed E-state index contributed by atoms with van der Waals surface area (Å²) in [7, 11) is 3.35. The van der Waals surface area contributed by atoms with Gasteiger partial charge in [-0.05, 0) is 31.2 Å². The Hall–Kier alpha value is -2.72. The lowest BCUT2D eigenvalue weighted by atomic mass is 10.1. The number of hydrogen-bond acceptors (Lipinski definition) is 3. The lowest BCUT2D eigenvalue weighted by Crippen LogP contribution is -2.29. The number of nitrogens with zero attached hydrogens (tertiary/aromatic N) is 1. The van der Waals surface area contributed by atoms with E-state index >= 15 is 0 Å². The van der Waals surface area contributed by atoms with Gasteiger partial charge >= 0.3 is 6.03 Å². The maximum atomic E-state index is 12.0. The molecule has 3 amide bonds. The number of urea groups is 1. The minimum absolute atomic E-state index is 0.131. The van der Waals surface area contributed by atoms with Crippen LogP contribution < -0.4 is 15.4 Å². The summed E-state index contributed by atoms with van der Waals surface area (Å²) in [6, 6.07) is 4.53. The van der Waals surface area contributed by atoms with E-state index < -0.39 is 0 Å². The van der Waals surface area contributed by atoms with E-state index in [0.717, 1.165) is 0 Å². The van der Waals surface area contributed by atoms with Crippen LogP contribution in [0.3, 0.4) is 0 Å². The molecular weight excluding hydrogens is 282 g/mol. The van der Waals surface area contributed by atoms with Crippen molar-refractivity contribution in [3.8, 4) is 5.75 Å². The van der Waals surface area contributed by atoms with E-state index in [0.29, 0.717) is 30.2 Å². The Balaban J connectivity index is 2.92. The van der Waals surface area contributed by atoms with Crippen molar-refractivity contribution < 1.29 is 14.3 Å². The average molecular weight is 303 g/mol. The molecule has 118 valence electrons. The Bertz CT molecular complexity index is 590. The van der Waals surface area contributed by atoms with Crippen LogP contribution in [0.1, 0.15) is 17.3 Å². The second kappa shape index (κ2) is 8.54. The number of ether oxygens (including phenoxy) is 1. The molecule has 0 radical (unpaired) electrons. The van der Waals surface area contributed by atoms with Gasteiger partial charge in [-0.1, -0.05) is 6.58 Å². The van der Waals surface area contributed by atoms with Crippen LogP contribution in [0.25, 0.3) is 0 Å². The highest BCUT2D eigenvalue weighted by molar-refractivity contribution is 5.96. The predicted molar refractivity (Wildman–Crippen MR) is 86.4 cm³/mol. The van der Waals surface area contributed by atoms with Crippen molar-refractivity contribution in [2.75, 3.05) is 32.6 Å². The van der Waals surface area contributed by atoms with Crippen LogP contribution in [0.15, 0.2) is 36.6 Å². The Morgan fingerprint density at radius 1 is 1.41 bits per heavy atom. The van der Waals surface area contributed by atoms with Gasteiger partial charge in [-0.3, -0.25) is 4.79 Å². The number of nitrogens with one attached hydrogen (secondary N) is 2. The molecule has 0 aliphatic heterocycles. The Morgan fingerprint density at radius 3 is 2.73 bits per heavy atom. The Labute approximate surface area is 130 Å². The molecule has 1 aromatic carbocycles. The summed E-state index contributed by atoms with van der Waals surface area (Å²) in [5.41, 5.74) is 3.56. The normalized spacial score (nSPS) is 9.41. The first-order chi connectivity index (χ1) is 10.5. The first-order valence-corrected chi connectivity index (χ1v) is 6.87. The van der Waals surface area contributed by atoms with Crippen molar-refractivity contribution in [2.24, 2.45) is 0 Å². The Morgan fingerprint density at radius 2 is 2.14 bits per heavy atom. The van der Waals surface area contributed by atoms with Gasteiger partial charge in [0.1, 0.15) is 5.75 Å². The van der Waals surface area contributed by atoms with Gasteiger partial charge in [0.2, 0.25) is 0 Å². The smallest absolute Gasteiger partial charge is 0.319 e. The fourth-order valence-electron chi connectivity index (χ4n) is 1.67. The zero-order chi connectivity index (χ0) is 16.5. The summed E-state index contributed by atoms with van der Waals surface area (Å²) in [5, 5.41) is 5.30. The second-order valence-corrected chi connectivity index (χ2v) is 4.59. The maximum Gasteiger partial charge on any atom is 0.319 e. The molecule has 0 spiro atoms. The molecule has 1 aromatic rings. The van der Waals surface area contributed by atoms with E-state index in [-0.39, 0.29) is 11.9 Å². The van der Waals surface area contributed by atoms with Gasteiger partial charge in [0.15, 0.2) is 0 Å². The van der Waals surface area contributed by atoms with E-state index in [1.54, 1.807) is 38.4 Å². The average Bonchev–Trinajstić information content (AvgIpc) is 2.48. The van der Waals surface area contributed by atoms with Crippen molar-refractivity contribution in [3.63, 3.8) is 0 Å². The highest BCUT2D eigenvalue weighted by atomic mass is 16.5. The summed E-state index contributed by atoms with van der Waals surface area (Å²) < 4.78 is 5.49. The van der Waals surface area contributed by atoms with Crippen LogP contribution in [0.4, 0.5) is 10.5 Å². The molecule has 0 aliphatic carbocycles. The van der Waals surface area contributed by atoms with Gasteiger partial charge in [-0.15, -0.1) is 5.73 Å². The van der Waals surface area contributed by atoms with Gasteiger partial charge in [0.05, 0.1) is 12.3 Å². The lowest BCUT2D eigenvalue weighted by molar-refractivity contribution is 0.0827. The molecule has 0 saturated carbocycles. The molecular formula is C16H21N3O3. The first kappa shape index (κ1) is 17.3. The number of anilines is 1. The standard InChI is InChI=1S/C16H21N3O3/c1-5-7-10-17-16(21)18-13-9-8-12(15(20)19(3)4)11-14(13)22-6-2/h7-9,11H,1,6,10H2,2-4H3,(H2,17,18,21). The van der Waals surface area contributed by atoms with Crippen molar-refractivity contribution >= 4 is 17.6 Å². The number of amides is 3. The topological polar surface area (TPSA) is 70.7 Å². The molecule has 2 N–H and O–H groups in total. The number of hydrogen-bond donors (Lipinski definition) is 2. The van der Waals surface area contributed by atoms with E-state index in [9.17, 15) is 9.59 Å². The van der Waals surface area contributed by atoms with E-state index in [1.807, 2.05) is 6.92 Å². The quantitative estimate of drug-likeness (QED) is 0.792. The largest absolute Gasteiger partial charge is 0.492 e. The van der Waals surface area contributed by atoms with Gasteiger partial charge < -0.3 is 20.3 Å². The summed E-state index contributed by atoms with van der Waals surface area (Å²) >= 11 is 0. The van der Waals surface area contributed by atoms with E-state index in [1.165, 1.54) is 4.90 Å². The summed E-state index contributed by atoms with van der Waals surface area (Å²) in [5.74, 6) is 0.317. The molecule has 0 heterocycles. The minimum atomic E-state index is -0.376. The third kappa shape index (κ3) is 5.00. The number of carbonyl (C=O) groups excluding carboxylic acids is 2. The third-order valence-electron chi connectivity index (χ3n) is 2.69. The van der Waals surface area contributed by atoms with Crippen LogP contribution in [0.2, 0.25) is 0 Å². The predicted octanol–water partition coefficient (Wildman–Crippen LogP) is 2.25. The molecule has 0 unspecified atom stereocenters. The van der Waals surface area contributed by atoms with Gasteiger partial charge in [-0.25, -0.2) is 4.79 Å². The van der Waals surface area contributed by atoms with Crippen molar-refractivity contribution in [3.05, 3.63) is 42.1 Å². The van der Waals surface area contributed by atoms with E-state index in [4.69, 9.17) is 4.74 Å². The molecule has 22 heavy (non-hydrogen) atoms. The third-order valence-corrected chi connectivity index (χ3v) is 2.69. The molecule has 0 aliphatic rings. The van der Waals surface area contributed by atoms with Gasteiger partial charge in [0.25, 0.3) is 5.91 Å². The lowest BCUT2D eigenvalue weighted by Gasteiger charge is -2.15. The van der Waals surface area contributed by atoms with Gasteiger partial charge in [0, 0.05) is 26.2 Å². The SMILES string of the molecule is C=C=CCNC(=O)Nc1ccc(C(=O)N(C)C)cc1OCC. The highest BCUT2D eigenvalue weighted by Crippen LogP contribution is 2.26. The van der Waals surface area contributed by atoms with Crippen LogP contribution >= 0.6 is 0 Å². The summed E-state index contributed by atoms with van der Waals surface area (Å²) in [6.07, 6.45) is 1.60. The Kier molecular flexibility index (Phi) is 6.73. The zero-order valence-electron chi connectivity index (χ0n) is 13.1. The van der Waals surface area contributed by atoms with Crippen molar-refractivity contribution in [1.29, 1.82) is 0 Å². The highest BCUT2D eigenvalue weighted by Gasteiger charge is 2.13. The van der Waals surface area contributed by atoms with Crippen LogP contribution in [0.5, 0.6) is 5.75 Å². The molecule has 1 rings (SSSR count).